The minimum absolute atomic E-state index is 0.145. The molecule has 25 heavy (non-hydrogen) atoms. The Hall–Kier alpha value is -2.75. The molecule has 0 radical (unpaired) electrons. The molecule has 0 atom stereocenters. The Morgan fingerprint density at radius 3 is 2.88 bits per heavy atom. The standard InChI is InChI=1S/C17H12IN3O4/c18-12-6-10(22)2-3-13(12)20-17(23)11-7-19-21-16(11)9-1-4-14-15(5-9)25-8-24-14/h1-7,22H,8H2,(H,19,21)(H,20,23). The van der Waals surface area contributed by atoms with E-state index in [2.05, 4.69) is 15.5 Å². The summed E-state index contributed by atoms with van der Waals surface area (Å²) in [5.41, 5.74) is 2.38. The lowest BCUT2D eigenvalue weighted by molar-refractivity contribution is 0.102. The maximum absolute atomic E-state index is 12.6. The minimum atomic E-state index is -0.301. The van der Waals surface area contributed by atoms with Gasteiger partial charge in [-0.3, -0.25) is 9.89 Å². The second kappa shape index (κ2) is 6.28. The zero-order chi connectivity index (χ0) is 17.4. The van der Waals surface area contributed by atoms with Crippen LogP contribution in [0, 0.1) is 3.57 Å². The first-order valence-corrected chi connectivity index (χ1v) is 8.43. The summed E-state index contributed by atoms with van der Waals surface area (Å²) in [5, 5.41) is 19.1. The van der Waals surface area contributed by atoms with Crippen molar-refractivity contribution in [3.05, 3.63) is 51.7 Å². The van der Waals surface area contributed by atoms with E-state index in [0.717, 1.165) is 9.13 Å². The number of aromatic amines is 1. The third kappa shape index (κ3) is 3.00. The van der Waals surface area contributed by atoms with E-state index in [0.29, 0.717) is 28.4 Å². The summed E-state index contributed by atoms with van der Waals surface area (Å²) in [7, 11) is 0. The van der Waals surface area contributed by atoms with Gasteiger partial charge in [-0.2, -0.15) is 5.10 Å². The third-order valence-electron chi connectivity index (χ3n) is 3.75. The number of carbonyl (C=O) groups is 1. The molecule has 0 saturated heterocycles. The van der Waals surface area contributed by atoms with Crippen molar-refractivity contribution in [1.82, 2.24) is 10.2 Å². The Kier molecular flexibility index (Phi) is 3.96. The van der Waals surface area contributed by atoms with E-state index in [1.807, 2.05) is 28.7 Å². The van der Waals surface area contributed by atoms with E-state index in [1.165, 1.54) is 12.3 Å². The Balaban J connectivity index is 1.64. The molecule has 126 valence electrons. The highest BCUT2D eigenvalue weighted by Crippen LogP contribution is 2.36. The average molecular weight is 449 g/mol. The van der Waals surface area contributed by atoms with E-state index in [-0.39, 0.29) is 18.4 Å². The second-order valence-corrected chi connectivity index (χ2v) is 6.51. The number of carbonyl (C=O) groups excluding carboxylic acids is 1. The number of amides is 1. The normalized spacial score (nSPS) is 12.2. The maximum Gasteiger partial charge on any atom is 0.259 e. The number of hydrogen-bond donors (Lipinski definition) is 3. The van der Waals surface area contributed by atoms with Gasteiger partial charge in [0.05, 0.1) is 23.1 Å². The molecular weight excluding hydrogens is 437 g/mol. The minimum Gasteiger partial charge on any atom is -0.508 e. The first-order valence-electron chi connectivity index (χ1n) is 7.35. The summed E-state index contributed by atoms with van der Waals surface area (Å²) in [4.78, 5) is 12.6. The number of ether oxygens (including phenoxy) is 2. The molecule has 1 aromatic heterocycles. The van der Waals surface area contributed by atoms with Gasteiger partial charge >= 0.3 is 0 Å². The molecule has 0 fully saturated rings. The van der Waals surface area contributed by atoms with Crippen molar-refractivity contribution in [2.75, 3.05) is 12.1 Å². The number of halogens is 1. The van der Waals surface area contributed by atoms with Gasteiger partial charge in [-0.05, 0) is 59.0 Å². The second-order valence-electron chi connectivity index (χ2n) is 5.34. The molecule has 0 unspecified atom stereocenters. The van der Waals surface area contributed by atoms with Crippen molar-refractivity contribution in [2.45, 2.75) is 0 Å². The van der Waals surface area contributed by atoms with Crippen LogP contribution in [0.5, 0.6) is 17.2 Å². The number of fused-ring (bicyclic) bond motifs is 1. The number of benzene rings is 2. The van der Waals surface area contributed by atoms with Crippen molar-refractivity contribution in [1.29, 1.82) is 0 Å². The highest BCUT2D eigenvalue weighted by Gasteiger charge is 2.19. The fourth-order valence-corrected chi connectivity index (χ4v) is 3.16. The quantitative estimate of drug-likeness (QED) is 0.421. The lowest BCUT2D eigenvalue weighted by Crippen LogP contribution is -2.13. The van der Waals surface area contributed by atoms with Crippen molar-refractivity contribution in [2.24, 2.45) is 0 Å². The predicted octanol–water partition coefficient (Wildman–Crippen LogP) is 3.37. The van der Waals surface area contributed by atoms with E-state index in [9.17, 15) is 9.90 Å². The van der Waals surface area contributed by atoms with Gasteiger partial charge in [-0.15, -0.1) is 0 Å². The number of H-pyrrole nitrogens is 1. The predicted molar refractivity (Wildman–Crippen MR) is 98.9 cm³/mol. The Bertz CT molecular complexity index is 970. The third-order valence-corrected chi connectivity index (χ3v) is 4.64. The molecule has 0 bridgehead atoms. The number of anilines is 1. The SMILES string of the molecule is O=C(Nc1ccc(O)cc1I)c1cn[nH]c1-c1ccc2c(c1)OCO2. The van der Waals surface area contributed by atoms with Crippen LogP contribution in [0.2, 0.25) is 0 Å². The first-order chi connectivity index (χ1) is 12.1. The van der Waals surface area contributed by atoms with E-state index >= 15 is 0 Å². The summed E-state index contributed by atoms with van der Waals surface area (Å²) >= 11 is 2.05. The van der Waals surface area contributed by atoms with E-state index < -0.39 is 0 Å². The van der Waals surface area contributed by atoms with Gasteiger partial charge in [0, 0.05) is 9.13 Å². The van der Waals surface area contributed by atoms with Crippen LogP contribution in [0.1, 0.15) is 10.4 Å². The molecule has 2 aromatic carbocycles. The molecule has 1 aliphatic rings. The topological polar surface area (TPSA) is 96.5 Å². The summed E-state index contributed by atoms with van der Waals surface area (Å²) in [6.07, 6.45) is 1.47. The lowest BCUT2D eigenvalue weighted by Gasteiger charge is -2.08. The smallest absolute Gasteiger partial charge is 0.259 e. The summed E-state index contributed by atoms with van der Waals surface area (Å²) in [6, 6.07) is 10.2. The zero-order valence-electron chi connectivity index (χ0n) is 12.7. The number of phenolic OH excluding ortho intramolecular Hbond substituents is 1. The van der Waals surface area contributed by atoms with Crippen LogP contribution in [0.3, 0.4) is 0 Å². The van der Waals surface area contributed by atoms with Crippen LogP contribution in [-0.2, 0) is 0 Å². The van der Waals surface area contributed by atoms with Crippen molar-refractivity contribution in [3.63, 3.8) is 0 Å². The number of nitrogens with zero attached hydrogens (tertiary/aromatic N) is 1. The summed E-state index contributed by atoms with van der Waals surface area (Å²) < 4.78 is 11.4. The van der Waals surface area contributed by atoms with Gasteiger partial charge in [-0.25, -0.2) is 0 Å². The number of nitrogens with one attached hydrogen (secondary N) is 2. The molecule has 7 nitrogen and oxygen atoms in total. The fourth-order valence-electron chi connectivity index (χ4n) is 2.53. The van der Waals surface area contributed by atoms with Gasteiger partial charge < -0.3 is 19.9 Å². The molecule has 3 aromatic rings. The molecule has 1 amide bonds. The summed E-state index contributed by atoms with van der Waals surface area (Å²) in [5.74, 6) is 1.15. The van der Waals surface area contributed by atoms with Crippen LogP contribution in [0.4, 0.5) is 5.69 Å². The largest absolute Gasteiger partial charge is 0.508 e. The van der Waals surface area contributed by atoms with E-state index in [1.54, 1.807) is 24.3 Å². The number of hydrogen-bond acceptors (Lipinski definition) is 5. The average Bonchev–Trinajstić information content (AvgIpc) is 3.25. The van der Waals surface area contributed by atoms with Gasteiger partial charge in [0.2, 0.25) is 6.79 Å². The molecular formula is C17H12IN3O4. The highest BCUT2D eigenvalue weighted by atomic mass is 127. The van der Waals surface area contributed by atoms with Crippen LogP contribution >= 0.6 is 22.6 Å². The molecule has 1 aliphatic heterocycles. The maximum atomic E-state index is 12.6. The Morgan fingerprint density at radius 1 is 1.20 bits per heavy atom. The fraction of sp³-hybridized carbons (Fsp3) is 0.0588. The van der Waals surface area contributed by atoms with Crippen LogP contribution < -0.4 is 14.8 Å². The van der Waals surface area contributed by atoms with Crippen LogP contribution in [0.15, 0.2) is 42.6 Å². The van der Waals surface area contributed by atoms with Gasteiger partial charge in [0.15, 0.2) is 11.5 Å². The van der Waals surface area contributed by atoms with Gasteiger partial charge in [0.1, 0.15) is 5.75 Å². The highest BCUT2D eigenvalue weighted by molar-refractivity contribution is 14.1. The molecule has 3 N–H and O–H groups in total. The van der Waals surface area contributed by atoms with Gasteiger partial charge in [0.25, 0.3) is 5.91 Å². The van der Waals surface area contributed by atoms with Crippen LogP contribution in [0.25, 0.3) is 11.3 Å². The Morgan fingerprint density at radius 2 is 2.04 bits per heavy atom. The molecule has 0 saturated carbocycles. The number of rotatable bonds is 3. The number of aromatic nitrogens is 2. The van der Waals surface area contributed by atoms with Gasteiger partial charge in [-0.1, -0.05) is 0 Å². The molecule has 8 heteroatoms. The Labute approximate surface area is 156 Å². The van der Waals surface area contributed by atoms with Crippen LogP contribution in [-0.4, -0.2) is 28.0 Å². The first kappa shape index (κ1) is 15.8. The zero-order valence-corrected chi connectivity index (χ0v) is 14.9. The van der Waals surface area contributed by atoms with Crippen molar-refractivity contribution < 1.29 is 19.4 Å². The lowest BCUT2D eigenvalue weighted by atomic mass is 10.1. The number of phenols is 1. The number of aromatic hydroxyl groups is 1. The summed E-state index contributed by atoms with van der Waals surface area (Å²) in [6.45, 7) is 0.189. The molecule has 4 rings (SSSR count). The molecule has 0 aliphatic carbocycles. The molecule has 0 spiro atoms. The monoisotopic (exact) mass is 449 g/mol. The molecule has 2 heterocycles. The van der Waals surface area contributed by atoms with Crippen molar-refractivity contribution in [3.8, 4) is 28.5 Å². The van der Waals surface area contributed by atoms with E-state index in [4.69, 9.17) is 9.47 Å². The van der Waals surface area contributed by atoms with Crippen molar-refractivity contribution >= 4 is 34.2 Å².